The van der Waals surface area contributed by atoms with E-state index in [4.69, 9.17) is 0 Å². The molecule has 0 unspecified atom stereocenters. The van der Waals surface area contributed by atoms with Gasteiger partial charge in [-0.3, -0.25) is 20.2 Å². The first kappa shape index (κ1) is 19.5. The van der Waals surface area contributed by atoms with Crippen LogP contribution in [0.5, 0.6) is 0 Å². The smallest absolute Gasteiger partial charge is 0.277 e. The molecule has 0 aliphatic heterocycles. The molecule has 146 valence electrons. The van der Waals surface area contributed by atoms with Crippen LogP contribution in [0.25, 0.3) is 0 Å². The van der Waals surface area contributed by atoms with Crippen molar-refractivity contribution in [3.63, 3.8) is 0 Å². The predicted octanol–water partition coefficient (Wildman–Crippen LogP) is 3.62. The Labute approximate surface area is 178 Å². The molecule has 29 heavy (non-hydrogen) atoms. The van der Waals surface area contributed by atoms with Crippen LogP contribution in [-0.2, 0) is 0 Å². The minimum absolute atomic E-state index is 0.281. The summed E-state index contributed by atoms with van der Waals surface area (Å²) >= 11 is 3.79. The van der Waals surface area contributed by atoms with Crippen LogP contribution in [0, 0.1) is 13.8 Å². The average molecular weight is 443 g/mol. The van der Waals surface area contributed by atoms with E-state index in [0.717, 1.165) is 22.1 Å². The van der Waals surface area contributed by atoms with Gasteiger partial charge in [-0.15, -0.1) is 5.10 Å². The molecule has 4 rings (SSSR count). The van der Waals surface area contributed by atoms with Crippen LogP contribution >= 0.6 is 35.1 Å². The molecular weight excluding hydrogens is 428 g/mol. The normalized spacial score (nSPS) is 10.8. The Balaban J connectivity index is 1.64. The van der Waals surface area contributed by atoms with Crippen LogP contribution in [0.2, 0.25) is 0 Å². The molecule has 4 aromatic rings. The van der Waals surface area contributed by atoms with E-state index in [9.17, 15) is 4.79 Å². The number of rotatable bonds is 6. The average Bonchev–Trinajstić information content (AvgIpc) is 3.36. The van der Waals surface area contributed by atoms with Crippen molar-refractivity contribution in [1.29, 1.82) is 0 Å². The van der Waals surface area contributed by atoms with E-state index in [1.165, 1.54) is 29.9 Å². The first-order valence-electron chi connectivity index (χ1n) is 8.33. The molecule has 2 N–H and O–H groups in total. The number of nitrogens with zero attached hydrogens (tertiary/aromatic N) is 6. The van der Waals surface area contributed by atoms with Gasteiger partial charge in [-0.25, -0.2) is 15.0 Å². The maximum Gasteiger partial charge on any atom is 0.277 e. The van der Waals surface area contributed by atoms with Crippen molar-refractivity contribution in [2.75, 3.05) is 5.32 Å². The van der Waals surface area contributed by atoms with E-state index < -0.39 is 0 Å². The Bertz CT molecular complexity index is 1130. The molecule has 0 spiro atoms. The van der Waals surface area contributed by atoms with Crippen LogP contribution in [0.3, 0.4) is 0 Å². The highest BCUT2D eigenvalue weighted by Gasteiger charge is 2.18. The third kappa shape index (κ3) is 4.96. The van der Waals surface area contributed by atoms with Crippen molar-refractivity contribution in [2.24, 2.45) is 0 Å². The number of pyridine rings is 2. The van der Waals surface area contributed by atoms with Crippen LogP contribution in [-0.4, -0.2) is 40.4 Å². The summed E-state index contributed by atoms with van der Waals surface area (Å²) in [6.45, 7) is 3.74. The first-order valence-corrected chi connectivity index (χ1v) is 10.7. The quantitative estimate of drug-likeness (QED) is 0.461. The van der Waals surface area contributed by atoms with Crippen LogP contribution < -0.4 is 5.32 Å². The summed E-state index contributed by atoms with van der Waals surface area (Å²) in [6.07, 6.45) is 3.16. The van der Waals surface area contributed by atoms with Crippen LogP contribution in [0.4, 0.5) is 5.13 Å². The Morgan fingerprint density at radius 3 is 2.69 bits per heavy atom. The molecule has 0 radical (unpaired) electrons. The Hall–Kier alpha value is -2.83. The van der Waals surface area contributed by atoms with E-state index in [1.54, 1.807) is 6.20 Å². The van der Waals surface area contributed by atoms with Gasteiger partial charge in [-0.05, 0) is 49.9 Å². The minimum atomic E-state index is -0.363. The summed E-state index contributed by atoms with van der Waals surface area (Å²) in [7, 11) is 0. The zero-order chi connectivity index (χ0) is 20.2. The van der Waals surface area contributed by atoms with Gasteiger partial charge in [0, 0.05) is 33.2 Å². The Kier molecular flexibility index (Phi) is 5.83. The minimum Gasteiger partial charge on any atom is -0.295 e. The molecule has 12 heteroatoms. The van der Waals surface area contributed by atoms with Gasteiger partial charge in [0.05, 0.1) is 0 Å². The number of nitrogens with one attached hydrogen (secondary N) is 2. The SMILES string of the molecule is Cc1ccc(Sc2ccc(Sc3n[nH]c(C)n3)nc2C(=O)Nc2ncns2)cn1. The molecule has 4 heterocycles. The number of amides is 1. The van der Waals surface area contributed by atoms with E-state index in [-0.39, 0.29) is 11.6 Å². The molecule has 9 nitrogen and oxygen atoms in total. The van der Waals surface area contributed by atoms with E-state index in [0.29, 0.717) is 26.0 Å². The van der Waals surface area contributed by atoms with Gasteiger partial charge in [-0.2, -0.15) is 4.37 Å². The third-order valence-electron chi connectivity index (χ3n) is 3.51. The highest BCUT2D eigenvalue weighted by molar-refractivity contribution is 7.99. The number of carbonyl (C=O) groups excluding carboxylic acids is 1. The summed E-state index contributed by atoms with van der Waals surface area (Å²) in [5.41, 5.74) is 1.21. The van der Waals surface area contributed by atoms with Gasteiger partial charge in [0.1, 0.15) is 22.9 Å². The molecule has 0 saturated carbocycles. The van der Waals surface area contributed by atoms with Crippen molar-refractivity contribution in [2.45, 2.75) is 33.8 Å². The molecule has 0 saturated heterocycles. The number of carbonyl (C=O) groups is 1. The van der Waals surface area contributed by atoms with Gasteiger partial charge in [0.15, 0.2) is 0 Å². The number of aromatic amines is 1. The van der Waals surface area contributed by atoms with Gasteiger partial charge in [0.2, 0.25) is 10.3 Å². The lowest BCUT2D eigenvalue weighted by Gasteiger charge is -2.09. The second-order valence-electron chi connectivity index (χ2n) is 5.74. The number of hydrogen-bond donors (Lipinski definition) is 2. The maximum absolute atomic E-state index is 12.9. The molecule has 4 aromatic heterocycles. The fraction of sp³-hybridized carbons (Fsp3) is 0.118. The largest absolute Gasteiger partial charge is 0.295 e. The lowest BCUT2D eigenvalue weighted by atomic mass is 10.3. The maximum atomic E-state index is 12.9. The summed E-state index contributed by atoms with van der Waals surface area (Å²) < 4.78 is 3.90. The predicted molar refractivity (Wildman–Crippen MR) is 110 cm³/mol. The van der Waals surface area contributed by atoms with Crippen LogP contribution in [0.15, 0.2) is 56.8 Å². The molecule has 0 atom stereocenters. The van der Waals surface area contributed by atoms with Gasteiger partial charge >= 0.3 is 0 Å². The van der Waals surface area contributed by atoms with Gasteiger partial charge < -0.3 is 0 Å². The number of hydrogen-bond acceptors (Lipinski definition) is 10. The van der Waals surface area contributed by atoms with Crippen molar-refractivity contribution in [1.82, 2.24) is 34.5 Å². The molecule has 0 aliphatic carbocycles. The number of H-pyrrole nitrogens is 1. The molecule has 0 aliphatic rings. The van der Waals surface area contributed by atoms with Crippen molar-refractivity contribution in [3.05, 3.63) is 54.0 Å². The molecule has 0 fully saturated rings. The number of anilines is 1. The zero-order valence-corrected chi connectivity index (χ0v) is 17.7. The number of aromatic nitrogens is 7. The lowest BCUT2D eigenvalue weighted by Crippen LogP contribution is -2.15. The summed E-state index contributed by atoms with van der Waals surface area (Å²) in [4.78, 5) is 31.6. The van der Waals surface area contributed by atoms with E-state index in [1.807, 2.05) is 38.1 Å². The molecule has 1 amide bonds. The van der Waals surface area contributed by atoms with E-state index in [2.05, 4.69) is 39.8 Å². The topological polar surface area (TPSA) is 122 Å². The Morgan fingerprint density at radius 1 is 1.10 bits per heavy atom. The molecule has 0 bridgehead atoms. The second kappa shape index (κ2) is 8.68. The summed E-state index contributed by atoms with van der Waals surface area (Å²) in [5, 5.41) is 11.2. The van der Waals surface area contributed by atoms with Crippen molar-refractivity contribution >= 4 is 46.1 Å². The summed E-state index contributed by atoms with van der Waals surface area (Å²) in [5.74, 6) is 0.346. The fourth-order valence-corrected chi connectivity index (χ4v) is 4.24. The Morgan fingerprint density at radius 2 is 2.00 bits per heavy atom. The first-order chi connectivity index (χ1) is 14.1. The third-order valence-corrected chi connectivity index (χ3v) is 5.92. The molecular formula is C17H14N8OS3. The number of aryl methyl sites for hydroxylation is 2. The standard InChI is InChI=1S/C17H14N8OS3/c1-9-3-4-11(7-18-9)27-12-5-6-13(28-17-21-10(2)24-25-17)22-14(12)15(26)23-16-19-8-20-29-16/h3-8H,1-2H3,(H,21,24,25)(H,19,20,23,26). The van der Waals surface area contributed by atoms with Gasteiger partial charge in [0.25, 0.3) is 5.91 Å². The fourth-order valence-electron chi connectivity index (χ4n) is 2.22. The van der Waals surface area contributed by atoms with Crippen molar-refractivity contribution < 1.29 is 4.79 Å². The van der Waals surface area contributed by atoms with Gasteiger partial charge in [-0.1, -0.05) is 11.8 Å². The van der Waals surface area contributed by atoms with E-state index >= 15 is 0 Å². The van der Waals surface area contributed by atoms with Crippen molar-refractivity contribution in [3.8, 4) is 0 Å². The summed E-state index contributed by atoms with van der Waals surface area (Å²) in [6, 6.07) is 7.57. The lowest BCUT2D eigenvalue weighted by molar-refractivity contribution is 0.101. The van der Waals surface area contributed by atoms with Crippen LogP contribution in [0.1, 0.15) is 22.0 Å². The molecule has 0 aromatic carbocycles. The highest BCUT2D eigenvalue weighted by Crippen LogP contribution is 2.32. The highest BCUT2D eigenvalue weighted by atomic mass is 32.2. The second-order valence-corrected chi connectivity index (χ2v) is 8.62. The zero-order valence-electron chi connectivity index (χ0n) is 15.3. The monoisotopic (exact) mass is 442 g/mol.